The first-order chi connectivity index (χ1) is 23.9. The molecule has 0 radical (unpaired) electrons. The molecule has 7 N–H and O–H groups in total. The van der Waals surface area contributed by atoms with Gasteiger partial charge in [0.1, 0.15) is 17.0 Å². The number of hydrogen-bond donors (Lipinski definition) is 7. The lowest BCUT2D eigenvalue weighted by Crippen LogP contribution is -2.45. The molecule has 1 saturated carbocycles. The second kappa shape index (κ2) is 20.5. The molecule has 19 heteroatoms. The number of alkyl halides is 6. The van der Waals surface area contributed by atoms with Crippen LogP contribution in [0.4, 0.5) is 26.3 Å². The number of carbonyl (C=O) groups excluding carboxylic acids is 1. The first-order valence-corrected chi connectivity index (χ1v) is 16.6. The molecule has 1 aliphatic carbocycles. The zero-order valence-electron chi connectivity index (χ0n) is 27.3. The second-order valence-electron chi connectivity index (χ2n) is 11.4. The first-order valence-electron chi connectivity index (χ1n) is 15.8. The summed E-state index contributed by atoms with van der Waals surface area (Å²) in [6, 6.07) is 11.1. The molecule has 0 aliphatic heterocycles. The van der Waals surface area contributed by atoms with Crippen LogP contribution in [0.1, 0.15) is 49.7 Å². The van der Waals surface area contributed by atoms with Gasteiger partial charge in [-0.15, -0.1) is 0 Å². The van der Waals surface area contributed by atoms with Crippen LogP contribution in [0.3, 0.4) is 0 Å². The number of phenols is 2. The van der Waals surface area contributed by atoms with E-state index in [2.05, 4.69) is 20.5 Å². The summed E-state index contributed by atoms with van der Waals surface area (Å²) in [4.78, 5) is 47.3. The standard InChI is InChI=1S/C28H38N4O4S.2C2HF3O2/c33-23-8-4-5-20(19-23)11-14-29-16-13-25(35)32(22-6-2-1-3-7-22)18-17-30-15-12-21-9-10-24(34)26-27(21)37-28(36)31-26;2*3-2(4,5)1(6)7/h4-5,8-10,19,22,29-30,33-34H,1-3,6-7,11-18H2,(H,31,36);2*(H,6,7). The summed E-state index contributed by atoms with van der Waals surface area (Å²) in [5.41, 5.74) is 2.62. The maximum Gasteiger partial charge on any atom is 0.490 e. The number of rotatable bonds is 13. The Hall–Kier alpha value is -4.36. The van der Waals surface area contributed by atoms with Crippen LogP contribution >= 0.6 is 11.3 Å². The zero-order chi connectivity index (χ0) is 38.2. The van der Waals surface area contributed by atoms with Crippen molar-refractivity contribution in [2.24, 2.45) is 0 Å². The Kier molecular flexibility index (Phi) is 17.2. The van der Waals surface area contributed by atoms with E-state index in [1.54, 1.807) is 18.2 Å². The Balaban J connectivity index is 0.000000543. The molecule has 1 amide bonds. The van der Waals surface area contributed by atoms with Crippen LogP contribution in [0.25, 0.3) is 10.2 Å². The molecule has 2 aromatic carbocycles. The Morgan fingerprint density at radius 2 is 1.43 bits per heavy atom. The second-order valence-corrected chi connectivity index (χ2v) is 12.4. The van der Waals surface area contributed by atoms with E-state index < -0.39 is 24.3 Å². The number of halogens is 6. The summed E-state index contributed by atoms with van der Waals surface area (Å²) in [6.07, 6.45) is -2.37. The van der Waals surface area contributed by atoms with Crippen molar-refractivity contribution in [1.29, 1.82) is 0 Å². The van der Waals surface area contributed by atoms with Gasteiger partial charge < -0.3 is 40.9 Å². The van der Waals surface area contributed by atoms with Gasteiger partial charge in [0.2, 0.25) is 5.91 Å². The number of fused-ring (bicyclic) bond motifs is 1. The number of carbonyl (C=O) groups is 3. The van der Waals surface area contributed by atoms with Gasteiger partial charge in [0, 0.05) is 32.1 Å². The molecular formula is C32H40F6N4O8S. The summed E-state index contributed by atoms with van der Waals surface area (Å²) in [5, 5.41) is 40.7. The number of carboxylic acid groups (broad SMARTS) is 2. The highest BCUT2D eigenvalue weighted by Gasteiger charge is 2.39. The number of H-pyrrole nitrogens is 1. The van der Waals surface area contributed by atoms with Gasteiger partial charge in [0.25, 0.3) is 0 Å². The Morgan fingerprint density at radius 3 is 2.02 bits per heavy atom. The predicted octanol–water partition coefficient (Wildman–Crippen LogP) is 4.78. The van der Waals surface area contributed by atoms with Gasteiger partial charge in [0.05, 0.1) is 4.70 Å². The number of hydrogen-bond acceptors (Lipinski definition) is 9. The summed E-state index contributed by atoms with van der Waals surface area (Å²) < 4.78 is 64.3. The molecule has 0 bridgehead atoms. The number of aromatic hydroxyl groups is 2. The molecule has 0 saturated heterocycles. The fourth-order valence-electron chi connectivity index (χ4n) is 5.13. The van der Waals surface area contributed by atoms with E-state index in [-0.39, 0.29) is 22.3 Å². The van der Waals surface area contributed by atoms with E-state index in [0.717, 1.165) is 72.5 Å². The number of aromatic amines is 1. The highest BCUT2D eigenvalue weighted by molar-refractivity contribution is 7.16. The van der Waals surface area contributed by atoms with Crippen LogP contribution in [0.2, 0.25) is 0 Å². The zero-order valence-corrected chi connectivity index (χ0v) is 28.1. The summed E-state index contributed by atoms with van der Waals surface area (Å²) in [5.74, 6) is -4.93. The number of carboxylic acids is 2. The van der Waals surface area contributed by atoms with Crippen molar-refractivity contribution in [3.63, 3.8) is 0 Å². The third-order valence-corrected chi connectivity index (χ3v) is 8.54. The van der Waals surface area contributed by atoms with Crippen molar-refractivity contribution in [3.8, 4) is 11.5 Å². The predicted molar refractivity (Wildman–Crippen MR) is 176 cm³/mol. The van der Waals surface area contributed by atoms with E-state index in [4.69, 9.17) is 19.8 Å². The molecule has 0 spiro atoms. The first kappa shape index (κ1) is 42.8. The van der Waals surface area contributed by atoms with Crippen molar-refractivity contribution in [1.82, 2.24) is 20.5 Å². The van der Waals surface area contributed by atoms with Gasteiger partial charge in [-0.05, 0) is 68.1 Å². The molecule has 12 nitrogen and oxygen atoms in total. The van der Waals surface area contributed by atoms with Crippen LogP contribution in [0.5, 0.6) is 11.5 Å². The Bertz CT molecular complexity index is 1600. The number of nitrogens with one attached hydrogen (secondary N) is 3. The van der Waals surface area contributed by atoms with Gasteiger partial charge in [-0.3, -0.25) is 9.59 Å². The number of nitrogens with zero attached hydrogens (tertiary/aromatic N) is 1. The molecular weight excluding hydrogens is 714 g/mol. The molecule has 0 unspecified atom stereocenters. The number of amides is 1. The molecule has 1 fully saturated rings. The molecule has 1 aromatic heterocycles. The largest absolute Gasteiger partial charge is 0.508 e. The molecule has 0 atom stereocenters. The Labute approximate surface area is 292 Å². The molecule has 3 aromatic rings. The van der Waals surface area contributed by atoms with Crippen LogP contribution in [0, 0.1) is 0 Å². The third-order valence-electron chi connectivity index (χ3n) is 7.58. The van der Waals surface area contributed by atoms with Gasteiger partial charge in [-0.25, -0.2) is 9.59 Å². The SMILES string of the molecule is O=C(CCNCCc1cccc(O)c1)N(CCNCCc1ccc(O)c2[nH]c(=O)sc12)C1CCCCC1.O=C(O)C(F)(F)F.O=C(O)C(F)(F)F. The lowest BCUT2D eigenvalue weighted by atomic mass is 9.94. The molecule has 284 valence electrons. The molecule has 4 rings (SSSR count). The average Bonchev–Trinajstić information content (AvgIpc) is 3.46. The highest BCUT2D eigenvalue weighted by Crippen LogP contribution is 2.28. The van der Waals surface area contributed by atoms with E-state index >= 15 is 0 Å². The number of phenolic OH excluding ortho intramolecular Hbond substituents is 2. The lowest BCUT2D eigenvalue weighted by Gasteiger charge is -2.34. The fourth-order valence-corrected chi connectivity index (χ4v) is 6.03. The minimum atomic E-state index is -5.08. The van der Waals surface area contributed by atoms with Crippen LogP contribution in [-0.2, 0) is 27.2 Å². The lowest BCUT2D eigenvalue weighted by molar-refractivity contribution is -0.193. The minimum Gasteiger partial charge on any atom is -0.508 e. The van der Waals surface area contributed by atoms with E-state index in [1.165, 1.54) is 19.3 Å². The monoisotopic (exact) mass is 754 g/mol. The smallest absolute Gasteiger partial charge is 0.490 e. The number of thiazole rings is 1. The topological polar surface area (TPSA) is 192 Å². The highest BCUT2D eigenvalue weighted by atomic mass is 32.1. The summed E-state index contributed by atoms with van der Waals surface area (Å²) in [7, 11) is 0. The normalized spacial score (nSPS) is 13.5. The van der Waals surface area contributed by atoms with Gasteiger partial charge >= 0.3 is 29.2 Å². The van der Waals surface area contributed by atoms with E-state index in [0.29, 0.717) is 31.1 Å². The summed E-state index contributed by atoms with van der Waals surface area (Å²) in [6.45, 7) is 3.55. The average molecular weight is 755 g/mol. The van der Waals surface area contributed by atoms with Gasteiger partial charge in [-0.1, -0.05) is 48.8 Å². The van der Waals surface area contributed by atoms with Gasteiger partial charge in [0.15, 0.2) is 0 Å². The minimum absolute atomic E-state index is 0.0977. The Morgan fingerprint density at radius 1 is 0.843 bits per heavy atom. The molecule has 51 heavy (non-hydrogen) atoms. The van der Waals surface area contributed by atoms with Crippen molar-refractivity contribution < 1.29 is 61.2 Å². The fraction of sp³-hybridized carbons (Fsp3) is 0.500. The van der Waals surface area contributed by atoms with Crippen LogP contribution < -0.4 is 15.5 Å². The maximum absolute atomic E-state index is 13.2. The maximum atomic E-state index is 13.2. The molecule has 1 aliphatic rings. The van der Waals surface area contributed by atoms with Crippen molar-refractivity contribution in [3.05, 3.63) is 57.2 Å². The third kappa shape index (κ3) is 15.6. The number of aromatic nitrogens is 1. The van der Waals surface area contributed by atoms with Crippen molar-refractivity contribution in [2.75, 3.05) is 32.7 Å². The molecule has 1 heterocycles. The summed E-state index contributed by atoms with van der Waals surface area (Å²) >= 11 is 1.13. The van der Waals surface area contributed by atoms with E-state index in [1.807, 2.05) is 18.2 Å². The number of aliphatic carboxylic acids is 2. The number of benzene rings is 2. The van der Waals surface area contributed by atoms with E-state index in [9.17, 15) is 46.1 Å². The van der Waals surface area contributed by atoms with Gasteiger partial charge in [-0.2, -0.15) is 26.3 Å². The van der Waals surface area contributed by atoms with Crippen molar-refractivity contribution in [2.45, 2.75) is 69.8 Å². The van der Waals surface area contributed by atoms with Crippen LogP contribution in [0.15, 0.2) is 41.2 Å². The van der Waals surface area contributed by atoms with Crippen molar-refractivity contribution >= 4 is 39.4 Å². The van der Waals surface area contributed by atoms with Crippen LogP contribution in [-0.4, -0.2) is 99.3 Å². The quantitative estimate of drug-likeness (QED) is 0.0944.